The molecule has 4 rings (SSSR count). The number of benzene rings is 2. The van der Waals surface area contributed by atoms with Gasteiger partial charge >= 0.3 is 0 Å². The van der Waals surface area contributed by atoms with E-state index in [9.17, 15) is 9.18 Å². The molecular weight excluding hydrogens is 427 g/mol. The van der Waals surface area contributed by atoms with E-state index in [4.69, 9.17) is 4.74 Å². The first-order valence-electron chi connectivity index (χ1n) is 10.2. The largest absolute Gasteiger partial charge is 0.497 e. The van der Waals surface area contributed by atoms with E-state index >= 15 is 0 Å². The molecule has 2 aromatic carbocycles. The Morgan fingerprint density at radius 2 is 2.00 bits per heavy atom. The Bertz CT molecular complexity index is 1220. The number of nitrogens with zero attached hydrogens (tertiary/aromatic N) is 4. The van der Waals surface area contributed by atoms with Gasteiger partial charge in [-0.2, -0.15) is 0 Å². The number of hydrogen-bond acceptors (Lipinski definition) is 5. The van der Waals surface area contributed by atoms with E-state index in [1.165, 1.54) is 28.2 Å². The molecule has 32 heavy (non-hydrogen) atoms. The molecule has 0 aliphatic heterocycles. The summed E-state index contributed by atoms with van der Waals surface area (Å²) in [5, 5.41) is 6.41. The second-order valence-electron chi connectivity index (χ2n) is 7.17. The lowest BCUT2D eigenvalue weighted by Gasteiger charge is -2.27. The van der Waals surface area contributed by atoms with Crippen molar-refractivity contribution >= 4 is 17.2 Å². The molecule has 4 aromatic rings. The SMILES string of the molecule is CCN(C(=O)c1nc(-c2cccs2)n(-c2cccc(F)c2)n1)C(C)c1cccc(OC)c1. The zero-order valence-corrected chi connectivity index (χ0v) is 18.8. The van der Waals surface area contributed by atoms with Crippen LogP contribution in [0.15, 0.2) is 66.0 Å². The first-order valence-corrected chi connectivity index (χ1v) is 11.1. The molecule has 0 saturated heterocycles. The summed E-state index contributed by atoms with van der Waals surface area (Å²) in [6.07, 6.45) is 0. The molecule has 6 nitrogen and oxygen atoms in total. The molecular formula is C24H23FN4O2S. The third-order valence-corrected chi connectivity index (χ3v) is 6.10. The van der Waals surface area contributed by atoms with E-state index in [-0.39, 0.29) is 23.6 Å². The van der Waals surface area contributed by atoms with Crippen molar-refractivity contribution in [3.8, 4) is 22.1 Å². The van der Waals surface area contributed by atoms with E-state index in [1.54, 1.807) is 24.1 Å². The van der Waals surface area contributed by atoms with Crippen LogP contribution in [0.4, 0.5) is 4.39 Å². The van der Waals surface area contributed by atoms with Gasteiger partial charge in [0, 0.05) is 6.54 Å². The number of amides is 1. The van der Waals surface area contributed by atoms with Crippen molar-refractivity contribution in [2.45, 2.75) is 19.9 Å². The predicted octanol–water partition coefficient (Wildman–Crippen LogP) is 5.37. The van der Waals surface area contributed by atoms with Gasteiger partial charge in [0.25, 0.3) is 5.91 Å². The molecule has 2 heterocycles. The first kappa shape index (κ1) is 21.7. The standard InChI is InChI=1S/C24H23FN4O2S/c1-4-28(16(2)17-8-5-11-20(14-17)31-3)24(30)22-26-23(21-12-7-13-32-21)29(27-22)19-10-6-9-18(25)15-19/h5-16H,4H2,1-3H3. The van der Waals surface area contributed by atoms with Gasteiger partial charge in [0.15, 0.2) is 5.82 Å². The molecule has 0 fully saturated rings. The molecule has 1 amide bonds. The van der Waals surface area contributed by atoms with Gasteiger partial charge in [0.1, 0.15) is 11.6 Å². The van der Waals surface area contributed by atoms with E-state index in [2.05, 4.69) is 10.1 Å². The number of rotatable bonds is 7. The number of carbonyl (C=O) groups excluding carboxylic acids is 1. The molecule has 0 aliphatic carbocycles. The molecule has 0 radical (unpaired) electrons. The van der Waals surface area contributed by atoms with Crippen LogP contribution in [-0.4, -0.2) is 39.2 Å². The second kappa shape index (κ2) is 9.32. The highest BCUT2D eigenvalue weighted by Crippen LogP contribution is 2.28. The van der Waals surface area contributed by atoms with Gasteiger partial charge in [-0.25, -0.2) is 14.1 Å². The summed E-state index contributed by atoms with van der Waals surface area (Å²) < 4.78 is 20.7. The summed E-state index contributed by atoms with van der Waals surface area (Å²) in [4.78, 5) is 20.6. The molecule has 2 aromatic heterocycles. The van der Waals surface area contributed by atoms with Gasteiger partial charge < -0.3 is 9.64 Å². The number of ether oxygens (including phenoxy) is 1. The number of carbonyl (C=O) groups is 1. The smallest absolute Gasteiger partial charge is 0.294 e. The number of hydrogen-bond donors (Lipinski definition) is 0. The average molecular weight is 451 g/mol. The normalized spacial score (nSPS) is 11.9. The highest BCUT2D eigenvalue weighted by molar-refractivity contribution is 7.13. The van der Waals surface area contributed by atoms with Crippen molar-refractivity contribution in [2.24, 2.45) is 0 Å². The number of halogens is 1. The summed E-state index contributed by atoms with van der Waals surface area (Å²) >= 11 is 1.48. The first-order chi connectivity index (χ1) is 15.5. The van der Waals surface area contributed by atoms with Gasteiger partial charge in [0.05, 0.1) is 23.7 Å². The monoisotopic (exact) mass is 450 g/mol. The Morgan fingerprint density at radius 3 is 2.69 bits per heavy atom. The van der Waals surface area contributed by atoms with Crippen LogP contribution in [0.5, 0.6) is 5.75 Å². The Balaban J connectivity index is 1.73. The van der Waals surface area contributed by atoms with Gasteiger partial charge in [-0.3, -0.25) is 4.79 Å². The lowest BCUT2D eigenvalue weighted by Crippen LogP contribution is -2.34. The van der Waals surface area contributed by atoms with Gasteiger partial charge in [-0.1, -0.05) is 24.3 Å². The van der Waals surface area contributed by atoms with Crippen LogP contribution in [0, 0.1) is 5.82 Å². The molecule has 0 spiro atoms. The third kappa shape index (κ3) is 4.27. The van der Waals surface area contributed by atoms with E-state index in [0.29, 0.717) is 18.1 Å². The molecule has 164 valence electrons. The molecule has 1 unspecified atom stereocenters. The maximum Gasteiger partial charge on any atom is 0.294 e. The maximum absolute atomic E-state index is 13.9. The van der Waals surface area contributed by atoms with Crippen molar-refractivity contribution in [1.29, 1.82) is 0 Å². The molecule has 0 bridgehead atoms. The Labute approximate surface area is 189 Å². The number of thiophene rings is 1. The fraction of sp³-hybridized carbons (Fsp3) is 0.208. The van der Waals surface area contributed by atoms with Crippen LogP contribution >= 0.6 is 11.3 Å². The minimum Gasteiger partial charge on any atom is -0.497 e. The van der Waals surface area contributed by atoms with Crippen LogP contribution in [-0.2, 0) is 0 Å². The predicted molar refractivity (Wildman–Crippen MR) is 123 cm³/mol. The summed E-state index contributed by atoms with van der Waals surface area (Å²) in [6, 6.07) is 17.3. The number of aromatic nitrogens is 3. The van der Waals surface area contributed by atoms with Crippen molar-refractivity contribution < 1.29 is 13.9 Å². The zero-order chi connectivity index (χ0) is 22.7. The zero-order valence-electron chi connectivity index (χ0n) is 18.0. The molecule has 1 atom stereocenters. The molecule has 8 heteroatoms. The van der Waals surface area contributed by atoms with Crippen molar-refractivity contribution in [2.75, 3.05) is 13.7 Å². The quantitative estimate of drug-likeness (QED) is 0.380. The second-order valence-corrected chi connectivity index (χ2v) is 8.12. The third-order valence-electron chi connectivity index (χ3n) is 5.24. The molecule has 0 aliphatic rings. The van der Waals surface area contributed by atoms with Gasteiger partial charge in [-0.05, 0) is 61.2 Å². The van der Waals surface area contributed by atoms with Crippen LogP contribution in [0.1, 0.15) is 36.1 Å². The topological polar surface area (TPSA) is 60.2 Å². The van der Waals surface area contributed by atoms with Crippen LogP contribution in [0.3, 0.4) is 0 Å². The van der Waals surface area contributed by atoms with Gasteiger partial charge in [0.2, 0.25) is 5.82 Å². The number of methoxy groups -OCH3 is 1. The lowest BCUT2D eigenvalue weighted by atomic mass is 10.1. The van der Waals surface area contributed by atoms with Crippen LogP contribution in [0.2, 0.25) is 0 Å². The van der Waals surface area contributed by atoms with E-state index in [0.717, 1.165) is 16.2 Å². The van der Waals surface area contributed by atoms with Crippen LogP contribution in [0.25, 0.3) is 16.4 Å². The molecule has 0 N–H and O–H groups in total. The van der Waals surface area contributed by atoms with E-state index in [1.807, 2.05) is 55.6 Å². The minimum atomic E-state index is -0.384. The van der Waals surface area contributed by atoms with E-state index < -0.39 is 0 Å². The molecule has 0 saturated carbocycles. The summed E-state index contributed by atoms with van der Waals surface area (Å²) in [6.45, 7) is 4.35. The average Bonchev–Trinajstić information content (AvgIpc) is 3.49. The Hall–Kier alpha value is -3.52. The highest BCUT2D eigenvalue weighted by Gasteiger charge is 2.27. The summed E-state index contributed by atoms with van der Waals surface area (Å²) in [5.74, 6) is 0.611. The van der Waals surface area contributed by atoms with Gasteiger partial charge in [-0.15, -0.1) is 16.4 Å². The fourth-order valence-electron chi connectivity index (χ4n) is 3.56. The summed E-state index contributed by atoms with van der Waals surface area (Å²) in [7, 11) is 1.61. The van der Waals surface area contributed by atoms with Crippen molar-refractivity contribution in [1.82, 2.24) is 19.7 Å². The Morgan fingerprint density at radius 1 is 1.19 bits per heavy atom. The van der Waals surface area contributed by atoms with Crippen LogP contribution < -0.4 is 4.74 Å². The highest BCUT2D eigenvalue weighted by atomic mass is 32.1. The lowest BCUT2D eigenvalue weighted by molar-refractivity contribution is 0.0689. The fourth-order valence-corrected chi connectivity index (χ4v) is 4.26. The maximum atomic E-state index is 13.9. The van der Waals surface area contributed by atoms with Crippen molar-refractivity contribution in [3.05, 3.63) is 83.2 Å². The Kier molecular flexibility index (Phi) is 6.32. The summed E-state index contributed by atoms with van der Waals surface area (Å²) in [5.41, 5.74) is 1.45. The van der Waals surface area contributed by atoms with Crippen molar-refractivity contribution in [3.63, 3.8) is 0 Å². The minimum absolute atomic E-state index is 0.0641.